The van der Waals surface area contributed by atoms with E-state index in [1.54, 1.807) is 16.1 Å². The number of anilines is 1. The van der Waals surface area contributed by atoms with Crippen molar-refractivity contribution < 1.29 is 8.42 Å². The first kappa shape index (κ1) is 21.5. The molecule has 6 nitrogen and oxygen atoms in total. The Morgan fingerprint density at radius 3 is 2.42 bits per heavy atom. The summed E-state index contributed by atoms with van der Waals surface area (Å²) in [5.41, 5.74) is 8.96. The van der Waals surface area contributed by atoms with Crippen molar-refractivity contribution in [2.45, 2.75) is 13.8 Å². The number of nitrogens with one attached hydrogen (secondary N) is 1. The fourth-order valence-corrected chi connectivity index (χ4v) is 4.92. The van der Waals surface area contributed by atoms with Crippen LogP contribution in [-0.2, 0) is 10.0 Å². The number of nitrogens with zero attached hydrogens (tertiary/aromatic N) is 2. The van der Waals surface area contributed by atoms with Crippen LogP contribution >= 0.6 is 35.7 Å². The molecule has 1 aliphatic rings. The molecule has 1 aromatic carbocycles. The minimum absolute atomic E-state index is 0. The van der Waals surface area contributed by atoms with Crippen LogP contribution in [0.5, 0.6) is 0 Å². The first-order chi connectivity index (χ1) is 10.9. The number of hydrogen-bond acceptors (Lipinski definition) is 4. The molecule has 0 saturated carbocycles. The van der Waals surface area contributed by atoms with Crippen LogP contribution in [0.15, 0.2) is 23.2 Å². The van der Waals surface area contributed by atoms with Gasteiger partial charge in [-0.05, 0) is 37.1 Å². The zero-order chi connectivity index (χ0) is 16.9. The van der Waals surface area contributed by atoms with Crippen molar-refractivity contribution in [1.82, 2.24) is 4.31 Å². The third kappa shape index (κ3) is 6.77. The molecule has 0 atom stereocenters. The van der Waals surface area contributed by atoms with Gasteiger partial charge in [0.2, 0.25) is 10.0 Å². The zero-order valence-corrected chi connectivity index (χ0v) is 18.0. The number of aliphatic imine (C=N–C) groups is 1. The van der Waals surface area contributed by atoms with Gasteiger partial charge in [0, 0.05) is 30.3 Å². The van der Waals surface area contributed by atoms with Gasteiger partial charge in [0.25, 0.3) is 0 Å². The molecule has 0 radical (unpaired) electrons. The molecule has 9 heteroatoms. The van der Waals surface area contributed by atoms with Crippen LogP contribution < -0.4 is 11.1 Å². The lowest BCUT2D eigenvalue weighted by Gasteiger charge is -2.25. The number of sulfonamides is 1. The average Bonchev–Trinajstić information content (AvgIpc) is 2.46. The SMILES string of the molecule is Cc1cc(C)cc(NC(N)=NCCS(=O)(=O)N2CCSCC2)c1.I. The zero-order valence-electron chi connectivity index (χ0n) is 14.0. The second-order valence-corrected chi connectivity index (χ2v) is 8.91. The summed E-state index contributed by atoms with van der Waals surface area (Å²) < 4.78 is 25.9. The van der Waals surface area contributed by atoms with E-state index in [1.807, 2.05) is 26.0 Å². The number of thioether (sulfide) groups is 1. The summed E-state index contributed by atoms with van der Waals surface area (Å²) >= 11 is 1.78. The van der Waals surface area contributed by atoms with Gasteiger partial charge in [-0.3, -0.25) is 4.99 Å². The third-order valence-corrected chi connectivity index (χ3v) is 6.28. The molecule has 0 unspecified atom stereocenters. The van der Waals surface area contributed by atoms with E-state index < -0.39 is 10.0 Å². The van der Waals surface area contributed by atoms with Gasteiger partial charge in [0.15, 0.2) is 5.96 Å². The average molecular weight is 484 g/mol. The van der Waals surface area contributed by atoms with Crippen LogP contribution in [-0.4, -0.2) is 55.6 Å². The van der Waals surface area contributed by atoms with Gasteiger partial charge in [0.1, 0.15) is 0 Å². The molecule has 2 rings (SSSR count). The number of hydrogen-bond donors (Lipinski definition) is 2. The maximum atomic E-state index is 12.2. The van der Waals surface area contributed by atoms with Crippen LogP contribution in [0, 0.1) is 13.8 Å². The standard InChI is InChI=1S/C15H24N4O2S2.HI/c1-12-9-13(2)11-14(10-12)18-15(16)17-3-8-23(20,21)19-4-6-22-7-5-19;/h9-11H,3-8H2,1-2H3,(H3,16,17,18);1H. The minimum Gasteiger partial charge on any atom is -0.370 e. The molecule has 1 fully saturated rings. The maximum Gasteiger partial charge on any atom is 0.215 e. The molecule has 24 heavy (non-hydrogen) atoms. The predicted molar refractivity (Wildman–Crippen MR) is 114 cm³/mol. The van der Waals surface area contributed by atoms with Crippen LogP contribution in [0.4, 0.5) is 5.69 Å². The lowest BCUT2D eigenvalue weighted by Crippen LogP contribution is -2.40. The van der Waals surface area contributed by atoms with Crippen molar-refractivity contribution in [2.24, 2.45) is 10.7 Å². The summed E-state index contributed by atoms with van der Waals surface area (Å²) in [6.07, 6.45) is 0. The van der Waals surface area contributed by atoms with E-state index in [1.165, 1.54) is 0 Å². The number of guanidine groups is 1. The molecule has 1 aromatic rings. The van der Waals surface area contributed by atoms with Crippen LogP contribution in [0.1, 0.15) is 11.1 Å². The fourth-order valence-electron chi connectivity index (χ4n) is 2.47. The molecule has 136 valence electrons. The number of rotatable bonds is 5. The Bertz CT molecular complexity index is 654. The van der Waals surface area contributed by atoms with Gasteiger partial charge in [-0.15, -0.1) is 24.0 Å². The highest BCUT2D eigenvalue weighted by molar-refractivity contribution is 14.0. The van der Waals surface area contributed by atoms with Gasteiger partial charge < -0.3 is 11.1 Å². The Balaban J connectivity index is 0.00000288. The van der Waals surface area contributed by atoms with E-state index in [9.17, 15) is 8.42 Å². The monoisotopic (exact) mass is 484 g/mol. The molecule has 0 amide bonds. The number of halogens is 1. The second-order valence-electron chi connectivity index (χ2n) is 5.60. The quantitative estimate of drug-likeness (QED) is 0.380. The molecular formula is C15H25IN4O2S2. The summed E-state index contributed by atoms with van der Waals surface area (Å²) in [6, 6.07) is 6.01. The smallest absolute Gasteiger partial charge is 0.215 e. The van der Waals surface area contributed by atoms with Gasteiger partial charge in [-0.2, -0.15) is 11.8 Å². The molecule has 0 bridgehead atoms. The summed E-state index contributed by atoms with van der Waals surface area (Å²) in [5, 5.41) is 3.01. The molecule has 3 N–H and O–H groups in total. The number of aryl methyl sites for hydroxylation is 2. The Morgan fingerprint density at radius 1 is 1.25 bits per heavy atom. The van der Waals surface area contributed by atoms with Crippen molar-refractivity contribution in [3.63, 3.8) is 0 Å². The first-order valence-corrected chi connectivity index (χ1v) is 10.3. The van der Waals surface area contributed by atoms with E-state index in [4.69, 9.17) is 5.73 Å². The van der Waals surface area contributed by atoms with Crippen molar-refractivity contribution in [3.05, 3.63) is 29.3 Å². The highest BCUT2D eigenvalue weighted by Crippen LogP contribution is 2.14. The van der Waals surface area contributed by atoms with Crippen molar-refractivity contribution in [1.29, 1.82) is 0 Å². The van der Waals surface area contributed by atoms with Gasteiger partial charge >= 0.3 is 0 Å². The molecule has 0 aromatic heterocycles. The maximum absolute atomic E-state index is 12.2. The molecule has 0 aliphatic carbocycles. The van der Waals surface area contributed by atoms with E-state index in [-0.39, 0.29) is 42.2 Å². The summed E-state index contributed by atoms with van der Waals surface area (Å²) in [6.45, 7) is 5.36. The summed E-state index contributed by atoms with van der Waals surface area (Å²) in [4.78, 5) is 4.13. The molecule has 1 heterocycles. The topological polar surface area (TPSA) is 87.8 Å². The molecular weight excluding hydrogens is 459 g/mol. The molecule has 0 spiro atoms. The Hall–Kier alpha value is -0.520. The van der Waals surface area contributed by atoms with Crippen molar-refractivity contribution >= 4 is 57.4 Å². The lowest BCUT2D eigenvalue weighted by molar-refractivity contribution is 0.444. The molecule has 1 saturated heterocycles. The van der Waals surface area contributed by atoms with E-state index >= 15 is 0 Å². The highest BCUT2D eigenvalue weighted by Gasteiger charge is 2.23. The summed E-state index contributed by atoms with van der Waals surface area (Å²) in [5.74, 6) is 1.95. The van der Waals surface area contributed by atoms with Crippen molar-refractivity contribution in [3.8, 4) is 0 Å². The summed E-state index contributed by atoms with van der Waals surface area (Å²) in [7, 11) is -3.24. The second kappa shape index (κ2) is 9.83. The normalized spacial score (nSPS) is 16.5. The highest BCUT2D eigenvalue weighted by atomic mass is 127. The predicted octanol–water partition coefficient (Wildman–Crippen LogP) is 2.03. The minimum atomic E-state index is -3.24. The lowest BCUT2D eigenvalue weighted by atomic mass is 10.1. The van der Waals surface area contributed by atoms with Gasteiger partial charge in [-0.25, -0.2) is 12.7 Å². The molecule has 1 aliphatic heterocycles. The Kier molecular flexibility index (Phi) is 8.82. The van der Waals surface area contributed by atoms with Gasteiger partial charge in [-0.1, -0.05) is 6.07 Å². The van der Waals surface area contributed by atoms with E-state index in [0.29, 0.717) is 13.1 Å². The van der Waals surface area contributed by atoms with E-state index in [2.05, 4.69) is 16.4 Å². The first-order valence-electron chi connectivity index (χ1n) is 7.57. The Labute approximate surface area is 165 Å². The van der Waals surface area contributed by atoms with Gasteiger partial charge in [0.05, 0.1) is 12.3 Å². The third-order valence-electron chi connectivity index (χ3n) is 3.49. The largest absolute Gasteiger partial charge is 0.370 e. The fraction of sp³-hybridized carbons (Fsp3) is 0.533. The van der Waals surface area contributed by atoms with Crippen molar-refractivity contribution in [2.75, 3.05) is 42.2 Å². The van der Waals surface area contributed by atoms with E-state index in [0.717, 1.165) is 28.3 Å². The number of nitrogens with two attached hydrogens (primary N) is 1. The van der Waals surface area contributed by atoms with Crippen LogP contribution in [0.3, 0.4) is 0 Å². The Morgan fingerprint density at radius 2 is 1.83 bits per heavy atom. The van der Waals surface area contributed by atoms with Crippen LogP contribution in [0.2, 0.25) is 0 Å². The number of benzene rings is 1. The van der Waals surface area contributed by atoms with Crippen LogP contribution in [0.25, 0.3) is 0 Å².